The Kier molecular flexibility index (Phi) is 7.44. The van der Waals surface area contributed by atoms with Crippen molar-refractivity contribution in [3.05, 3.63) is 65.7 Å². The molecule has 0 atom stereocenters. The van der Waals surface area contributed by atoms with Crippen LogP contribution in [0.25, 0.3) is 0 Å². The Labute approximate surface area is 190 Å². The Morgan fingerprint density at radius 2 is 1.34 bits per heavy atom. The van der Waals surface area contributed by atoms with Gasteiger partial charge < -0.3 is 9.64 Å². The fraction of sp³-hybridized carbons (Fsp3) is 0.458. The number of nitrogens with zero attached hydrogens (tertiary/aromatic N) is 3. The highest BCUT2D eigenvalue weighted by Gasteiger charge is 2.34. The first-order chi connectivity index (χ1) is 15.6. The number of carbonyl (C=O) groups excluding carboxylic acids is 1. The van der Waals surface area contributed by atoms with Crippen molar-refractivity contribution in [3.63, 3.8) is 0 Å². The quantitative estimate of drug-likeness (QED) is 0.668. The average Bonchev–Trinajstić information content (AvgIpc) is 3.14. The molecule has 2 saturated heterocycles. The molecule has 0 bridgehead atoms. The molecule has 0 aliphatic carbocycles. The second kappa shape index (κ2) is 10.5. The summed E-state index contributed by atoms with van der Waals surface area (Å²) in [6.07, 6.45) is 4.00. The molecule has 2 aromatic rings. The van der Waals surface area contributed by atoms with Crippen LogP contribution in [0.2, 0.25) is 0 Å². The Morgan fingerprint density at radius 3 is 2.03 bits per heavy atom. The molecular formula is C24H31N3O4S. The smallest absolute Gasteiger partial charge is 0.282 e. The number of para-hydroxylation sites is 1. The van der Waals surface area contributed by atoms with Crippen molar-refractivity contribution >= 4 is 16.1 Å². The zero-order chi connectivity index (χ0) is 22.4. The summed E-state index contributed by atoms with van der Waals surface area (Å²) in [4.78, 5) is 15.0. The molecule has 2 fully saturated rings. The molecule has 8 heteroatoms. The number of amides is 1. The number of ether oxygens (including phenoxy) is 1. The molecule has 2 aromatic carbocycles. The van der Waals surface area contributed by atoms with Gasteiger partial charge in [-0.1, -0.05) is 49.2 Å². The summed E-state index contributed by atoms with van der Waals surface area (Å²) in [5, 5.41) is 0. The Hall–Kier alpha value is -2.42. The molecule has 0 aromatic heterocycles. The summed E-state index contributed by atoms with van der Waals surface area (Å²) in [5.41, 5.74) is 1.42. The molecule has 1 amide bonds. The molecule has 172 valence electrons. The lowest BCUT2D eigenvalue weighted by molar-refractivity contribution is 0.0691. The minimum Gasteiger partial charge on any atom is -0.489 e. The molecule has 0 radical (unpaired) electrons. The van der Waals surface area contributed by atoms with Gasteiger partial charge in [-0.15, -0.1) is 0 Å². The molecule has 0 N–H and O–H groups in total. The molecule has 2 heterocycles. The predicted molar refractivity (Wildman–Crippen MR) is 124 cm³/mol. The maximum Gasteiger partial charge on any atom is 0.282 e. The molecule has 0 unspecified atom stereocenters. The summed E-state index contributed by atoms with van der Waals surface area (Å²) in [7, 11) is -3.46. The zero-order valence-corrected chi connectivity index (χ0v) is 19.2. The highest BCUT2D eigenvalue weighted by molar-refractivity contribution is 7.86. The minimum absolute atomic E-state index is 0.0796. The van der Waals surface area contributed by atoms with E-state index in [-0.39, 0.29) is 5.91 Å². The van der Waals surface area contributed by atoms with Gasteiger partial charge in [0.25, 0.3) is 16.1 Å². The maximum atomic E-state index is 13.2. The number of piperazine rings is 1. The van der Waals surface area contributed by atoms with Crippen molar-refractivity contribution in [3.8, 4) is 5.75 Å². The van der Waals surface area contributed by atoms with Crippen molar-refractivity contribution in [2.45, 2.75) is 32.3 Å². The van der Waals surface area contributed by atoms with Crippen LogP contribution in [-0.2, 0) is 16.8 Å². The van der Waals surface area contributed by atoms with Crippen LogP contribution in [-0.4, -0.2) is 67.1 Å². The SMILES string of the molecule is O=C(c1ccccc1COc1ccccc1)N1CCN(S(=O)(=O)N2CCCCCC2)CC1. The van der Waals surface area contributed by atoms with Gasteiger partial charge >= 0.3 is 0 Å². The fourth-order valence-electron chi connectivity index (χ4n) is 4.26. The topological polar surface area (TPSA) is 70.2 Å². The normalized spacial score (nSPS) is 18.8. The summed E-state index contributed by atoms with van der Waals surface area (Å²) in [6.45, 7) is 2.92. The summed E-state index contributed by atoms with van der Waals surface area (Å²) < 4.78 is 35.1. The summed E-state index contributed by atoms with van der Waals surface area (Å²) >= 11 is 0. The molecule has 7 nitrogen and oxygen atoms in total. The lowest BCUT2D eigenvalue weighted by Crippen LogP contribution is -2.54. The Bertz CT molecular complexity index is 997. The van der Waals surface area contributed by atoms with Crippen LogP contribution in [0, 0.1) is 0 Å². The maximum absolute atomic E-state index is 13.2. The third-order valence-corrected chi connectivity index (χ3v) is 8.16. The molecule has 0 spiro atoms. The van der Waals surface area contributed by atoms with Crippen LogP contribution < -0.4 is 4.74 Å². The second-order valence-electron chi connectivity index (χ2n) is 8.27. The molecule has 2 aliphatic rings. The average molecular weight is 458 g/mol. The van der Waals surface area contributed by atoms with E-state index in [0.29, 0.717) is 51.4 Å². The van der Waals surface area contributed by atoms with Crippen molar-refractivity contribution < 1.29 is 17.9 Å². The number of rotatable bonds is 6. The van der Waals surface area contributed by atoms with Crippen LogP contribution in [0.3, 0.4) is 0 Å². The summed E-state index contributed by atoms with van der Waals surface area (Å²) in [5.74, 6) is 0.672. The largest absolute Gasteiger partial charge is 0.489 e. The molecule has 4 rings (SSSR count). The number of carbonyl (C=O) groups is 1. The first-order valence-corrected chi connectivity index (χ1v) is 12.8. The monoisotopic (exact) mass is 457 g/mol. The van der Waals surface area contributed by atoms with Gasteiger partial charge in [0.05, 0.1) is 0 Å². The van der Waals surface area contributed by atoms with E-state index in [2.05, 4.69) is 0 Å². The van der Waals surface area contributed by atoms with E-state index in [1.54, 1.807) is 9.21 Å². The van der Waals surface area contributed by atoms with Gasteiger partial charge in [0.1, 0.15) is 12.4 Å². The van der Waals surface area contributed by atoms with Crippen molar-refractivity contribution in [1.29, 1.82) is 0 Å². The van der Waals surface area contributed by atoms with Gasteiger partial charge in [0.15, 0.2) is 0 Å². The standard InChI is InChI=1S/C24H31N3O4S/c28-24(23-13-7-6-10-21(23)20-31-22-11-4-3-5-12-22)25-16-18-27(19-17-25)32(29,30)26-14-8-1-2-9-15-26/h3-7,10-13H,1-2,8-9,14-20H2. The molecular weight excluding hydrogens is 426 g/mol. The highest BCUT2D eigenvalue weighted by atomic mass is 32.2. The van der Waals surface area contributed by atoms with Gasteiger partial charge in [0, 0.05) is 50.4 Å². The number of benzene rings is 2. The minimum atomic E-state index is -3.46. The third kappa shape index (κ3) is 5.31. The molecule has 0 saturated carbocycles. The lowest BCUT2D eigenvalue weighted by Gasteiger charge is -2.36. The Morgan fingerprint density at radius 1 is 0.750 bits per heavy atom. The number of hydrogen-bond donors (Lipinski definition) is 0. The third-order valence-electron chi connectivity index (χ3n) is 6.13. The van der Waals surface area contributed by atoms with Crippen LogP contribution in [0.5, 0.6) is 5.75 Å². The highest BCUT2D eigenvalue weighted by Crippen LogP contribution is 2.20. The fourth-order valence-corrected chi connectivity index (χ4v) is 5.93. The van der Waals surface area contributed by atoms with Gasteiger partial charge in [-0.25, -0.2) is 0 Å². The van der Waals surface area contributed by atoms with Gasteiger partial charge in [-0.2, -0.15) is 17.0 Å². The zero-order valence-electron chi connectivity index (χ0n) is 18.4. The van der Waals surface area contributed by atoms with Crippen LogP contribution in [0.4, 0.5) is 0 Å². The van der Waals surface area contributed by atoms with Crippen LogP contribution in [0.1, 0.15) is 41.6 Å². The first kappa shape index (κ1) is 22.8. The van der Waals surface area contributed by atoms with E-state index in [1.165, 1.54) is 4.31 Å². The van der Waals surface area contributed by atoms with Crippen LogP contribution >= 0.6 is 0 Å². The number of hydrogen-bond acceptors (Lipinski definition) is 4. The lowest BCUT2D eigenvalue weighted by atomic mass is 10.1. The van der Waals surface area contributed by atoms with Gasteiger partial charge in [0.2, 0.25) is 0 Å². The van der Waals surface area contributed by atoms with Gasteiger partial charge in [-0.05, 0) is 31.0 Å². The van der Waals surface area contributed by atoms with E-state index >= 15 is 0 Å². The summed E-state index contributed by atoms with van der Waals surface area (Å²) in [6, 6.07) is 17.0. The molecule has 2 aliphatic heterocycles. The second-order valence-corrected chi connectivity index (χ2v) is 10.2. The first-order valence-electron chi connectivity index (χ1n) is 11.4. The van der Waals surface area contributed by atoms with E-state index in [9.17, 15) is 13.2 Å². The van der Waals surface area contributed by atoms with E-state index < -0.39 is 10.2 Å². The predicted octanol–water partition coefficient (Wildman–Crippen LogP) is 3.14. The van der Waals surface area contributed by atoms with Crippen molar-refractivity contribution in [2.24, 2.45) is 0 Å². The van der Waals surface area contributed by atoms with E-state index in [4.69, 9.17) is 4.74 Å². The van der Waals surface area contributed by atoms with E-state index in [0.717, 1.165) is 37.0 Å². The van der Waals surface area contributed by atoms with Gasteiger partial charge in [-0.3, -0.25) is 4.79 Å². The van der Waals surface area contributed by atoms with Crippen molar-refractivity contribution in [1.82, 2.24) is 13.5 Å². The molecule has 32 heavy (non-hydrogen) atoms. The van der Waals surface area contributed by atoms with Crippen LogP contribution in [0.15, 0.2) is 54.6 Å². The van der Waals surface area contributed by atoms with E-state index in [1.807, 2.05) is 54.6 Å². The Balaban J connectivity index is 1.38. The van der Waals surface area contributed by atoms with Crippen molar-refractivity contribution in [2.75, 3.05) is 39.3 Å².